The molecule has 0 aliphatic carbocycles. The van der Waals surface area contributed by atoms with Gasteiger partial charge in [0.15, 0.2) is 12.4 Å². The quantitative estimate of drug-likeness (QED) is 0.0195. The molecule has 0 aliphatic heterocycles. The predicted octanol–water partition coefficient (Wildman–Crippen LogP) is 23.0. The fraction of sp³-hybridized carbons (Fsp3) is 0.768. The third kappa shape index (κ3) is 73.5. The number of allylic oxidation sites excluding steroid dienone is 16. The fourth-order valence-corrected chi connectivity index (χ4v) is 11.0. The van der Waals surface area contributed by atoms with Gasteiger partial charge in [-0.1, -0.05) is 336 Å². The third-order valence-electron chi connectivity index (χ3n) is 16.8. The Morgan fingerprint density at radius 3 is 0.945 bits per heavy atom. The number of unbranched alkanes of at least 4 members (excludes halogenated alkanes) is 40. The average molecular weight is 1270 g/mol. The molecule has 0 radical (unpaired) electrons. The molecule has 0 aromatic carbocycles. The monoisotopic (exact) mass is 1270 g/mol. The van der Waals surface area contributed by atoms with Crippen molar-refractivity contribution in [3.8, 4) is 0 Å². The first-order chi connectivity index (χ1) is 44.6. The zero-order valence-electron chi connectivity index (χ0n) is 60.2. The molecule has 526 valence electrons. The van der Waals surface area contributed by atoms with Crippen LogP contribution in [0.1, 0.15) is 348 Å². The van der Waals surface area contributed by atoms with Gasteiger partial charge in [-0.2, -0.15) is 0 Å². The smallest absolute Gasteiger partial charge is 0.306 e. The van der Waals surface area contributed by atoms with Gasteiger partial charge in [-0.3, -0.25) is 9.59 Å². The number of quaternary nitrogens is 1. The lowest BCUT2D eigenvalue weighted by molar-refractivity contribution is -0.870. The van der Waals surface area contributed by atoms with E-state index in [0.29, 0.717) is 17.4 Å². The van der Waals surface area contributed by atoms with Crippen molar-refractivity contribution in [1.29, 1.82) is 0 Å². The summed E-state index contributed by atoms with van der Waals surface area (Å²) in [6.45, 7) is 4.64. The number of likely N-dealkylation sites (N-methyl/N-ethyl adjacent to an activating group) is 1. The second-order valence-electron chi connectivity index (χ2n) is 26.9. The number of carboxylic acids is 1. The van der Waals surface area contributed by atoms with Gasteiger partial charge < -0.3 is 33.3 Å². The van der Waals surface area contributed by atoms with Gasteiger partial charge in [-0.15, -0.1) is 0 Å². The van der Waals surface area contributed by atoms with E-state index >= 15 is 0 Å². The Hall–Kier alpha value is -3.79. The number of ether oxygens (including phenoxy) is 4. The van der Waals surface area contributed by atoms with E-state index in [1.54, 1.807) is 0 Å². The number of carbonyl (C=O) groups excluding carboxylic acids is 3. The Bertz CT molecular complexity index is 1820. The normalized spacial score (nSPS) is 13.2. The summed E-state index contributed by atoms with van der Waals surface area (Å²) in [5.41, 5.74) is 0. The molecule has 0 amide bonds. The van der Waals surface area contributed by atoms with Crippen molar-refractivity contribution >= 4 is 17.9 Å². The highest BCUT2D eigenvalue weighted by atomic mass is 16.7. The molecule has 0 bridgehead atoms. The minimum Gasteiger partial charge on any atom is -0.545 e. The molecular formula is C82H145NO8. The molecule has 0 aromatic rings. The van der Waals surface area contributed by atoms with E-state index in [9.17, 15) is 19.5 Å². The first-order valence-corrected chi connectivity index (χ1v) is 38.4. The zero-order chi connectivity index (χ0) is 66.1. The van der Waals surface area contributed by atoms with Crippen LogP contribution in [0.2, 0.25) is 0 Å². The molecule has 0 aromatic heterocycles. The first-order valence-electron chi connectivity index (χ1n) is 38.4. The van der Waals surface area contributed by atoms with Crippen LogP contribution in [0.25, 0.3) is 0 Å². The van der Waals surface area contributed by atoms with Gasteiger partial charge in [0.1, 0.15) is 13.2 Å². The Morgan fingerprint density at radius 1 is 0.341 bits per heavy atom. The van der Waals surface area contributed by atoms with Gasteiger partial charge in [0, 0.05) is 12.8 Å². The van der Waals surface area contributed by atoms with Gasteiger partial charge in [0.25, 0.3) is 0 Å². The molecule has 0 fully saturated rings. The maximum absolute atomic E-state index is 12.9. The van der Waals surface area contributed by atoms with Crippen molar-refractivity contribution in [1.82, 2.24) is 0 Å². The van der Waals surface area contributed by atoms with Crippen molar-refractivity contribution < 1.29 is 42.9 Å². The highest BCUT2D eigenvalue weighted by Crippen LogP contribution is 2.18. The summed E-state index contributed by atoms with van der Waals surface area (Å²) in [7, 11) is 5.93. The SMILES string of the molecule is CC/C=C\C/C=C\C/C=C\C/C=C\C/C=C\C/C=C\C/C=C\CCCCCCCC(=O)OC(COC(=O)CCCCCCCCCCCCCCCCCCCCCCCCCCCCC/C=C\CCCCCCCCCC)COC(OCC[N+](C)(C)C)C(=O)[O-]. The molecular weight excluding hydrogens is 1130 g/mol. The molecule has 2 unspecified atom stereocenters. The molecule has 0 spiro atoms. The number of nitrogens with zero attached hydrogens (tertiary/aromatic N) is 1. The van der Waals surface area contributed by atoms with Crippen LogP contribution in [0.5, 0.6) is 0 Å². The molecule has 0 N–H and O–H groups in total. The minimum atomic E-state index is -1.63. The van der Waals surface area contributed by atoms with Gasteiger partial charge in [-0.25, -0.2) is 0 Å². The Kier molecular flexibility index (Phi) is 69.0. The fourth-order valence-electron chi connectivity index (χ4n) is 11.0. The molecule has 0 saturated heterocycles. The van der Waals surface area contributed by atoms with Gasteiger partial charge in [0.2, 0.25) is 0 Å². The molecule has 0 saturated carbocycles. The Labute approximate surface area is 562 Å². The summed E-state index contributed by atoms with van der Waals surface area (Å²) in [4.78, 5) is 37.5. The molecule has 0 aliphatic rings. The van der Waals surface area contributed by atoms with Gasteiger partial charge in [-0.05, 0) is 96.3 Å². The summed E-state index contributed by atoms with van der Waals surface area (Å²) in [5, 5.41) is 11.8. The summed E-state index contributed by atoms with van der Waals surface area (Å²) in [6.07, 6.45) is 96.7. The third-order valence-corrected chi connectivity index (χ3v) is 16.8. The number of esters is 2. The largest absolute Gasteiger partial charge is 0.545 e. The van der Waals surface area contributed by atoms with Crippen molar-refractivity contribution in [3.63, 3.8) is 0 Å². The topological polar surface area (TPSA) is 111 Å². The molecule has 9 nitrogen and oxygen atoms in total. The number of carboxylic acid groups (broad SMARTS) is 1. The Morgan fingerprint density at radius 2 is 0.626 bits per heavy atom. The van der Waals surface area contributed by atoms with E-state index in [4.69, 9.17) is 18.9 Å². The highest BCUT2D eigenvalue weighted by Gasteiger charge is 2.22. The average Bonchev–Trinajstić information content (AvgIpc) is 3.46. The van der Waals surface area contributed by atoms with E-state index in [2.05, 4.69) is 111 Å². The van der Waals surface area contributed by atoms with Crippen LogP contribution >= 0.6 is 0 Å². The molecule has 2 atom stereocenters. The number of carbonyl (C=O) groups is 3. The zero-order valence-corrected chi connectivity index (χ0v) is 60.2. The van der Waals surface area contributed by atoms with E-state index < -0.39 is 24.3 Å². The molecule has 0 rings (SSSR count). The molecule has 9 heteroatoms. The molecule has 91 heavy (non-hydrogen) atoms. The minimum absolute atomic E-state index is 0.140. The van der Waals surface area contributed by atoms with Crippen LogP contribution in [-0.2, 0) is 33.3 Å². The Balaban J connectivity index is 4.03. The first kappa shape index (κ1) is 87.2. The van der Waals surface area contributed by atoms with Gasteiger partial charge >= 0.3 is 11.9 Å². The lowest BCUT2D eigenvalue weighted by Gasteiger charge is -2.26. The van der Waals surface area contributed by atoms with E-state index in [0.717, 1.165) is 96.3 Å². The lowest BCUT2D eigenvalue weighted by Crippen LogP contribution is -2.44. The van der Waals surface area contributed by atoms with E-state index in [1.165, 1.54) is 218 Å². The number of rotatable bonds is 71. The van der Waals surface area contributed by atoms with E-state index in [-0.39, 0.29) is 38.6 Å². The second-order valence-corrected chi connectivity index (χ2v) is 26.9. The van der Waals surface area contributed by atoms with Crippen molar-refractivity contribution in [3.05, 3.63) is 97.2 Å². The van der Waals surface area contributed by atoms with Crippen LogP contribution < -0.4 is 5.11 Å². The maximum Gasteiger partial charge on any atom is 0.306 e. The molecule has 0 heterocycles. The van der Waals surface area contributed by atoms with Crippen LogP contribution in [0.3, 0.4) is 0 Å². The van der Waals surface area contributed by atoms with Crippen molar-refractivity contribution in [2.75, 3.05) is 47.5 Å². The van der Waals surface area contributed by atoms with E-state index in [1.807, 2.05) is 21.1 Å². The lowest BCUT2D eigenvalue weighted by atomic mass is 10.0. The van der Waals surface area contributed by atoms with Crippen molar-refractivity contribution in [2.24, 2.45) is 0 Å². The predicted molar refractivity (Wildman–Crippen MR) is 389 cm³/mol. The number of hydrogen-bond donors (Lipinski definition) is 0. The second kappa shape index (κ2) is 72.0. The summed E-state index contributed by atoms with van der Waals surface area (Å²) >= 11 is 0. The maximum atomic E-state index is 12.9. The highest BCUT2D eigenvalue weighted by molar-refractivity contribution is 5.70. The van der Waals surface area contributed by atoms with Gasteiger partial charge in [0.05, 0.1) is 40.3 Å². The van der Waals surface area contributed by atoms with Crippen LogP contribution in [0.4, 0.5) is 0 Å². The van der Waals surface area contributed by atoms with Crippen molar-refractivity contribution in [2.45, 2.75) is 360 Å². The standard InChI is InChI=1S/C82H145NO8/c1-6-8-10-12-14-16-18-20-22-24-26-28-30-32-34-35-36-37-38-39-40-41-42-43-44-45-47-48-50-52-54-56-58-60-62-64-66-68-70-72-79(84)89-76-78(77-90-82(81(86)87)88-75-74-83(3,4)5)91-80(85)73-71-69-67-65-63-61-59-57-55-53-51-49-46-33-31-29-27-25-23-21-19-17-15-13-11-9-7-2/h9,11,15,17,21,23-24,26-27,29,33,46,51,53,57,59,78,82H,6-8,10,12-14,16,18-20,22,25,28,30-32,34-45,47-50,52,54-56,58,60-77H2,1-5H3/b11-9-,17-15-,23-21-,26-24-,29-27-,46-33-,53-51-,59-57-. The summed E-state index contributed by atoms with van der Waals surface area (Å²) in [6, 6.07) is 0. The summed E-state index contributed by atoms with van der Waals surface area (Å²) in [5.74, 6) is -2.30. The summed E-state index contributed by atoms with van der Waals surface area (Å²) < 4.78 is 22.8. The van der Waals surface area contributed by atoms with Crippen LogP contribution in [0, 0.1) is 0 Å². The number of hydrogen-bond acceptors (Lipinski definition) is 8. The van der Waals surface area contributed by atoms with Crippen LogP contribution in [0.15, 0.2) is 97.2 Å². The number of aliphatic carboxylic acids is 1. The van der Waals surface area contributed by atoms with Crippen LogP contribution in [-0.4, -0.2) is 82.3 Å².